The number of para-hydroxylation sites is 1. The molecule has 1 atom stereocenters. The second-order valence-corrected chi connectivity index (χ2v) is 5.76. The SMILES string of the molecule is CC(CO)c1ccccc1N1CCN(C(C)C)CC1. The number of benzene rings is 1. The Morgan fingerprint density at radius 1 is 1.05 bits per heavy atom. The minimum Gasteiger partial charge on any atom is -0.396 e. The molecule has 106 valence electrons. The third-order valence-electron chi connectivity index (χ3n) is 4.13. The molecule has 3 nitrogen and oxygen atoms in total. The van der Waals surface area contributed by atoms with E-state index in [1.165, 1.54) is 11.3 Å². The lowest BCUT2D eigenvalue weighted by Crippen LogP contribution is -2.49. The fourth-order valence-corrected chi connectivity index (χ4v) is 2.77. The van der Waals surface area contributed by atoms with Crippen molar-refractivity contribution < 1.29 is 5.11 Å². The van der Waals surface area contributed by atoms with E-state index in [9.17, 15) is 5.11 Å². The van der Waals surface area contributed by atoms with Crippen LogP contribution in [0, 0.1) is 0 Å². The standard InChI is InChI=1S/C16H26N2O/c1-13(2)17-8-10-18(11-9-17)16-7-5-4-6-15(16)14(3)12-19/h4-7,13-14,19H,8-12H2,1-3H3. The number of anilines is 1. The molecule has 1 saturated heterocycles. The number of rotatable bonds is 4. The minimum absolute atomic E-state index is 0.208. The molecule has 19 heavy (non-hydrogen) atoms. The van der Waals surface area contributed by atoms with Crippen molar-refractivity contribution in [2.24, 2.45) is 0 Å². The summed E-state index contributed by atoms with van der Waals surface area (Å²) in [6.45, 7) is 11.2. The monoisotopic (exact) mass is 262 g/mol. The maximum Gasteiger partial charge on any atom is 0.0497 e. The summed E-state index contributed by atoms with van der Waals surface area (Å²) in [7, 11) is 0. The van der Waals surface area contributed by atoms with Gasteiger partial charge in [-0.3, -0.25) is 4.90 Å². The molecule has 0 radical (unpaired) electrons. The van der Waals surface area contributed by atoms with E-state index in [0.717, 1.165) is 26.2 Å². The maximum absolute atomic E-state index is 9.40. The number of hydrogen-bond donors (Lipinski definition) is 1. The van der Waals surface area contributed by atoms with Crippen LogP contribution in [0.1, 0.15) is 32.3 Å². The quantitative estimate of drug-likeness (QED) is 0.902. The van der Waals surface area contributed by atoms with Crippen LogP contribution in [-0.4, -0.2) is 48.8 Å². The summed E-state index contributed by atoms with van der Waals surface area (Å²) in [6, 6.07) is 9.12. The summed E-state index contributed by atoms with van der Waals surface area (Å²) < 4.78 is 0. The van der Waals surface area contributed by atoms with Gasteiger partial charge < -0.3 is 10.0 Å². The lowest BCUT2D eigenvalue weighted by molar-refractivity contribution is 0.209. The Labute approximate surface area is 116 Å². The van der Waals surface area contributed by atoms with Crippen molar-refractivity contribution in [3.8, 4) is 0 Å². The Morgan fingerprint density at radius 3 is 2.26 bits per heavy atom. The summed E-state index contributed by atoms with van der Waals surface area (Å²) in [5.74, 6) is 0.208. The van der Waals surface area contributed by atoms with Crippen LogP contribution in [0.3, 0.4) is 0 Å². The van der Waals surface area contributed by atoms with Gasteiger partial charge in [-0.1, -0.05) is 25.1 Å². The van der Waals surface area contributed by atoms with Crippen LogP contribution in [0.15, 0.2) is 24.3 Å². The molecular weight excluding hydrogens is 236 g/mol. The predicted molar refractivity (Wildman–Crippen MR) is 80.9 cm³/mol. The first-order valence-corrected chi connectivity index (χ1v) is 7.32. The molecule has 0 saturated carbocycles. The van der Waals surface area contributed by atoms with E-state index in [4.69, 9.17) is 0 Å². The molecule has 3 heteroatoms. The van der Waals surface area contributed by atoms with E-state index >= 15 is 0 Å². The van der Waals surface area contributed by atoms with Gasteiger partial charge in [-0.15, -0.1) is 0 Å². The molecule has 0 amide bonds. The Hall–Kier alpha value is -1.06. The first kappa shape index (κ1) is 14.4. The fourth-order valence-electron chi connectivity index (χ4n) is 2.77. The molecular formula is C16H26N2O. The molecule has 1 aliphatic heterocycles. The summed E-state index contributed by atoms with van der Waals surface area (Å²) in [5.41, 5.74) is 2.57. The third-order valence-corrected chi connectivity index (χ3v) is 4.13. The highest BCUT2D eigenvalue weighted by Crippen LogP contribution is 2.28. The van der Waals surface area contributed by atoms with E-state index in [0.29, 0.717) is 6.04 Å². The second-order valence-electron chi connectivity index (χ2n) is 5.76. The highest BCUT2D eigenvalue weighted by Gasteiger charge is 2.21. The summed E-state index contributed by atoms with van der Waals surface area (Å²) >= 11 is 0. The highest BCUT2D eigenvalue weighted by molar-refractivity contribution is 5.55. The van der Waals surface area contributed by atoms with Gasteiger partial charge in [0.2, 0.25) is 0 Å². The lowest BCUT2D eigenvalue weighted by atomic mass is 9.99. The van der Waals surface area contributed by atoms with Gasteiger partial charge in [0.25, 0.3) is 0 Å². The molecule has 0 aromatic heterocycles. The maximum atomic E-state index is 9.40. The number of nitrogens with zero attached hydrogens (tertiary/aromatic N) is 2. The second kappa shape index (κ2) is 6.40. The van der Waals surface area contributed by atoms with Crippen molar-refractivity contribution in [3.63, 3.8) is 0 Å². The van der Waals surface area contributed by atoms with Gasteiger partial charge in [0, 0.05) is 50.4 Å². The average Bonchev–Trinajstić information content (AvgIpc) is 2.46. The molecule has 1 aliphatic rings. The Bertz CT molecular complexity index is 397. The molecule has 1 N–H and O–H groups in total. The van der Waals surface area contributed by atoms with Crippen LogP contribution in [0.4, 0.5) is 5.69 Å². The lowest BCUT2D eigenvalue weighted by Gasteiger charge is -2.39. The third kappa shape index (κ3) is 3.28. The molecule has 2 rings (SSSR count). The van der Waals surface area contributed by atoms with Crippen molar-refractivity contribution in [3.05, 3.63) is 29.8 Å². The molecule has 1 fully saturated rings. The molecule has 0 spiro atoms. The minimum atomic E-state index is 0.208. The number of aliphatic hydroxyl groups is 1. The van der Waals surface area contributed by atoms with Crippen molar-refractivity contribution in [2.75, 3.05) is 37.7 Å². The van der Waals surface area contributed by atoms with Crippen LogP contribution in [0.5, 0.6) is 0 Å². The van der Waals surface area contributed by atoms with Crippen LogP contribution in [-0.2, 0) is 0 Å². The molecule has 1 aromatic carbocycles. The normalized spacial score (nSPS) is 18.9. The Kier molecular flexibility index (Phi) is 4.83. The zero-order chi connectivity index (χ0) is 13.8. The summed E-state index contributed by atoms with van der Waals surface area (Å²) in [4.78, 5) is 4.98. The number of aliphatic hydroxyl groups excluding tert-OH is 1. The zero-order valence-electron chi connectivity index (χ0n) is 12.3. The summed E-state index contributed by atoms with van der Waals surface area (Å²) in [5, 5.41) is 9.40. The van der Waals surface area contributed by atoms with Crippen LogP contribution in [0.2, 0.25) is 0 Å². The number of piperazine rings is 1. The van der Waals surface area contributed by atoms with Gasteiger partial charge >= 0.3 is 0 Å². The number of hydrogen-bond acceptors (Lipinski definition) is 3. The molecule has 1 aromatic rings. The average molecular weight is 262 g/mol. The van der Waals surface area contributed by atoms with Crippen molar-refractivity contribution >= 4 is 5.69 Å². The van der Waals surface area contributed by atoms with E-state index < -0.39 is 0 Å². The van der Waals surface area contributed by atoms with Crippen molar-refractivity contribution in [2.45, 2.75) is 32.7 Å². The first-order valence-electron chi connectivity index (χ1n) is 7.32. The Morgan fingerprint density at radius 2 is 1.68 bits per heavy atom. The Balaban J connectivity index is 2.11. The van der Waals surface area contributed by atoms with Gasteiger partial charge in [0.1, 0.15) is 0 Å². The van der Waals surface area contributed by atoms with Crippen molar-refractivity contribution in [1.29, 1.82) is 0 Å². The van der Waals surface area contributed by atoms with Crippen molar-refractivity contribution in [1.82, 2.24) is 4.90 Å². The first-order chi connectivity index (χ1) is 9.13. The van der Waals surface area contributed by atoms with E-state index in [1.54, 1.807) is 0 Å². The molecule has 1 unspecified atom stereocenters. The van der Waals surface area contributed by atoms with E-state index in [2.05, 4.69) is 54.8 Å². The van der Waals surface area contributed by atoms with E-state index in [-0.39, 0.29) is 12.5 Å². The van der Waals surface area contributed by atoms with Gasteiger partial charge in [0.05, 0.1) is 0 Å². The molecule has 0 bridgehead atoms. The largest absolute Gasteiger partial charge is 0.396 e. The van der Waals surface area contributed by atoms with Gasteiger partial charge in [-0.2, -0.15) is 0 Å². The molecule has 1 heterocycles. The predicted octanol–water partition coefficient (Wildman–Crippen LogP) is 2.31. The van der Waals surface area contributed by atoms with Crippen LogP contribution < -0.4 is 4.90 Å². The molecule has 0 aliphatic carbocycles. The smallest absolute Gasteiger partial charge is 0.0497 e. The van der Waals surface area contributed by atoms with Crippen LogP contribution in [0.25, 0.3) is 0 Å². The highest BCUT2D eigenvalue weighted by atomic mass is 16.3. The topological polar surface area (TPSA) is 26.7 Å². The zero-order valence-corrected chi connectivity index (χ0v) is 12.3. The van der Waals surface area contributed by atoms with Gasteiger partial charge in [-0.05, 0) is 25.5 Å². The fraction of sp³-hybridized carbons (Fsp3) is 0.625. The van der Waals surface area contributed by atoms with E-state index in [1.807, 2.05) is 0 Å². The van der Waals surface area contributed by atoms with Crippen LogP contribution >= 0.6 is 0 Å². The summed E-state index contributed by atoms with van der Waals surface area (Å²) in [6.07, 6.45) is 0. The van der Waals surface area contributed by atoms with Gasteiger partial charge in [-0.25, -0.2) is 0 Å². The van der Waals surface area contributed by atoms with Gasteiger partial charge in [0.15, 0.2) is 0 Å².